The van der Waals surface area contributed by atoms with Gasteiger partial charge >= 0.3 is 17.9 Å². The molecule has 0 radical (unpaired) electrons. The SMILES string of the molecule is CC\C=C/C=C\C=C/C=C\C=C\C=C/CCCCCC(=O)OC(COC(=O)CCCCC/C=C\C=C/CCCCCCCCC)COC(=O)CCCCCCC\C=C/C=C\C=C/C=C\CCCCC. The molecule has 0 saturated carbocycles. The Kier molecular flexibility index (Phi) is 52.1. The lowest BCUT2D eigenvalue weighted by Crippen LogP contribution is -2.30. The van der Waals surface area contributed by atoms with Crippen LogP contribution in [0, 0.1) is 0 Å². The van der Waals surface area contributed by atoms with Gasteiger partial charge in [-0.2, -0.15) is 0 Å². The van der Waals surface area contributed by atoms with Crippen molar-refractivity contribution >= 4 is 17.9 Å². The Balaban J connectivity index is 4.61. The summed E-state index contributed by atoms with van der Waals surface area (Å²) in [6.07, 6.45) is 79.6. The highest BCUT2D eigenvalue weighted by molar-refractivity contribution is 5.71. The number of esters is 3. The zero-order valence-corrected chi connectivity index (χ0v) is 44.0. The van der Waals surface area contributed by atoms with Crippen LogP contribution >= 0.6 is 0 Å². The van der Waals surface area contributed by atoms with Crippen molar-refractivity contribution in [2.24, 2.45) is 0 Å². The molecule has 0 aliphatic rings. The molecule has 1 unspecified atom stereocenters. The first-order valence-corrected chi connectivity index (χ1v) is 27.5. The molecule has 0 aromatic rings. The van der Waals surface area contributed by atoms with Crippen molar-refractivity contribution in [3.05, 3.63) is 146 Å². The van der Waals surface area contributed by atoms with Gasteiger partial charge in [-0.05, 0) is 89.9 Å². The minimum absolute atomic E-state index is 0.124. The lowest BCUT2D eigenvalue weighted by atomic mass is 10.1. The second kappa shape index (κ2) is 55.9. The van der Waals surface area contributed by atoms with Gasteiger partial charge in [0.05, 0.1) is 0 Å². The van der Waals surface area contributed by atoms with Crippen LogP contribution in [0.25, 0.3) is 0 Å². The van der Waals surface area contributed by atoms with Crippen molar-refractivity contribution in [2.45, 2.75) is 219 Å². The van der Waals surface area contributed by atoms with Crippen LogP contribution in [0.4, 0.5) is 0 Å². The van der Waals surface area contributed by atoms with Crippen LogP contribution < -0.4 is 0 Å². The van der Waals surface area contributed by atoms with E-state index < -0.39 is 6.10 Å². The summed E-state index contributed by atoms with van der Waals surface area (Å²) in [4.78, 5) is 38.1. The van der Waals surface area contributed by atoms with Crippen LogP contribution in [0.15, 0.2) is 146 Å². The Labute approximate surface area is 423 Å². The molecule has 69 heavy (non-hydrogen) atoms. The van der Waals surface area contributed by atoms with Gasteiger partial charge in [0.15, 0.2) is 6.10 Å². The van der Waals surface area contributed by atoms with E-state index in [2.05, 4.69) is 106 Å². The number of hydrogen-bond donors (Lipinski definition) is 0. The van der Waals surface area contributed by atoms with E-state index in [1.165, 1.54) is 64.2 Å². The fourth-order valence-corrected chi connectivity index (χ4v) is 6.95. The average molecular weight is 951 g/mol. The van der Waals surface area contributed by atoms with Crippen LogP contribution in [0.1, 0.15) is 213 Å². The summed E-state index contributed by atoms with van der Waals surface area (Å²) in [5.74, 6) is -1.02. The number of carbonyl (C=O) groups is 3. The van der Waals surface area contributed by atoms with Crippen molar-refractivity contribution in [1.82, 2.24) is 0 Å². The van der Waals surface area contributed by atoms with E-state index in [9.17, 15) is 14.4 Å². The van der Waals surface area contributed by atoms with Gasteiger partial charge in [-0.25, -0.2) is 0 Å². The molecule has 1 atom stereocenters. The van der Waals surface area contributed by atoms with E-state index in [4.69, 9.17) is 14.2 Å². The monoisotopic (exact) mass is 951 g/mol. The molecule has 0 aromatic heterocycles. The summed E-state index contributed by atoms with van der Waals surface area (Å²) in [5, 5.41) is 0. The smallest absolute Gasteiger partial charge is 0.306 e. The van der Waals surface area contributed by atoms with Crippen LogP contribution in [0.2, 0.25) is 0 Å². The molecular formula is C63H98O6. The van der Waals surface area contributed by atoms with E-state index in [1.54, 1.807) is 0 Å². The van der Waals surface area contributed by atoms with Crippen LogP contribution in [0.3, 0.4) is 0 Å². The molecular weight excluding hydrogens is 853 g/mol. The molecule has 0 heterocycles. The summed E-state index contributed by atoms with van der Waals surface area (Å²) in [5.41, 5.74) is 0. The van der Waals surface area contributed by atoms with Gasteiger partial charge in [-0.3, -0.25) is 14.4 Å². The number of allylic oxidation sites excluding steroid dienone is 24. The lowest BCUT2D eigenvalue weighted by Gasteiger charge is -2.18. The highest BCUT2D eigenvalue weighted by atomic mass is 16.6. The van der Waals surface area contributed by atoms with Gasteiger partial charge < -0.3 is 14.2 Å². The van der Waals surface area contributed by atoms with E-state index in [-0.39, 0.29) is 37.5 Å². The van der Waals surface area contributed by atoms with Crippen molar-refractivity contribution in [1.29, 1.82) is 0 Å². The summed E-state index contributed by atoms with van der Waals surface area (Å²) < 4.78 is 16.8. The predicted octanol–water partition coefficient (Wildman–Crippen LogP) is 18.4. The summed E-state index contributed by atoms with van der Waals surface area (Å²) in [7, 11) is 0. The minimum atomic E-state index is -0.829. The third-order valence-electron chi connectivity index (χ3n) is 11.1. The third kappa shape index (κ3) is 54.1. The number of hydrogen-bond acceptors (Lipinski definition) is 6. The molecule has 0 amide bonds. The van der Waals surface area contributed by atoms with Crippen LogP contribution in [0.5, 0.6) is 0 Å². The van der Waals surface area contributed by atoms with Gasteiger partial charge in [0, 0.05) is 19.3 Å². The quantitative estimate of drug-likeness (QED) is 0.0262. The van der Waals surface area contributed by atoms with E-state index >= 15 is 0 Å². The molecule has 0 aliphatic carbocycles. The van der Waals surface area contributed by atoms with E-state index in [0.717, 1.165) is 103 Å². The van der Waals surface area contributed by atoms with E-state index in [0.29, 0.717) is 19.3 Å². The Morgan fingerprint density at radius 3 is 0.942 bits per heavy atom. The fourth-order valence-electron chi connectivity index (χ4n) is 6.95. The number of unbranched alkanes of at least 4 members (excludes halogenated alkanes) is 21. The summed E-state index contributed by atoms with van der Waals surface area (Å²) >= 11 is 0. The molecule has 386 valence electrons. The van der Waals surface area contributed by atoms with Crippen LogP contribution in [-0.4, -0.2) is 37.2 Å². The molecule has 0 fully saturated rings. The first-order chi connectivity index (χ1) is 34.0. The van der Waals surface area contributed by atoms with Gasteiger partial charge in [-0.15, -0.1) is 0 Å². The normalized spacial score (nSPS) is 13.3. The second-order valence-corrected chi connectivity index (χ2v) is 17.7. The predicted molar refractivity (Wildman–Crippen MR) is 297 cm³/mol. The lowest BCUT2D eigenvalue weighted by molar-refractivity contribution is -0.167. The molecule has 0 N–H and O–H groups in total. The maximum Gasteiger partial charge on any atom is 0.306 e. The zero-order chi connectivity index (χ0) is 50.0. The number of ether oxygens (including phenoxy) is 3. The standard InChI is InChI=1S/C63H98O6/c1-4-7-10-13-16-19-22-25-28-31-33-35-38-41-44-47-50-53-56-62(65)68-59-60(58-67-61(64)55-52-49-46-43-40-37-34-30-27-24-21-18-15-12-9-6-3)69-63(66)57-54-51-48-45-42-39-36-32-29-26-23-20-17-14-11-8-5-2/h8,11,14,16-17,19-20,22-23,25-26,28-37,39-40,42,60H,4-7,9-10,12-13,15,18,21,24,27,38,41,43-59H2,1-3H3/b11-8-,17-14-,19-16-,23-20-,25-22-,29-26-,31-28-,34-30-,35-33-,36-32+,40-37-,42-39-. The van der Waals surface area contributed by atoms with E-state index in [1.807, 2.05) is 60.8 Å². The number of rotatable bonds is 47. The Bertz CT molecular complexity index is 1560. The van der Waals surface area contributed by atoms with Crippen molar-refractivity contribution in [3.63, 3.8) is 0 Å². The average Bonchev–Trinajstić information content (AvgIpc) is 3.35. The highest BCUT2D eigenvalue weighted by Crippen LogP contribution is 2.12. The molecule has 0 spiro atoms. The first kappa shape index (κ1) is 64.3. The Hall–Kier alpha value is -4.71. The fraction of sp³-hybridized carbons (Fsp3) is 0.571. The van der Waals surface area contributed by atoms with Gasteiger partial charge in [0.25, 0.3) is 0 Å². The molecule has 0 aliphatic heterocycles. The van der Waals surface area contributed by atoms with Gasteiger partial charge in [0.1, 0.15) is 13.2 Å². The van der Waals surface area contributed by atoms with Crippen molar-refractivity contribution in [2.75, 3.05) is 13.2 Å². The number of carbonyl (C=O) groups excluding carboxylic acids is 3. The molecule has 0 aromatic carbocycles. The topological polar surface area (TPSA) is 78.9 Å². The maximum absolute atomic E-state index is 12.8. The van der Waals surface area contributed by atoms with Crippen LogP contribution in [-0.2, 0) is 28.6 Å². The van der Waals surface area contributed by atoms with Gasteiger partial charge in [0.2, 0.25) is 0 Å². The maximum atomic E-state index is 12.8. The molecule has 0 saturated heterocycles. The molecule has 6 heteroatoms. The third-order valence-corrected chi connectivity index (χ3v) is 11.1. The second-order valence-electron chi connectivity index (χ2n) is 17.7. The van der Waals surface area contributed by atoms with Gasteiger partial charge in [-0.1, -0.05) is 250 Å². The minimum Gasteiger partial charge on any atom is -0.462 e. The molecule has 0 bridgehead atoms. The molecule has 0 rings (SSSR count). The summed E-state index contributed by atoms with van der Waals surface area (Å²) in [6, 6.07) is 0. The summed E-state index contributed by atoms with van der Waals surface area (Å²) in [6.45, 7) is 6.35. The first-order valence-electron chi connectivity index (χ1n) is 27.5. The van der Waals surface area contributed by atoms with Crippen molar-refractivity contribution < 1.29 is 28.6 Å². The van der Waals surface area contributed by atoms with Crippen molar-refractivity contribution in [3.8, 4) is 0 Å². The zero-order valence-electron chi connectivity index (χ0n) is 44.0. The molecule has 6 nitrogen and oxygen atoms in total. The largest absolute Gasteiger partial charge is 0.462 e. The Morgan fingerprint density at radius 1 is 0.304 bits per heavy atom. The highest BCUT2D eigenvalue weighted by Gasteiger charge is 2.19. The Morgan fingerprint density at radius 2 is 0.565 bits per heavy atom.